The molecule has 2 aromatic heterocycles. The van der Waals surface area contributed by atoms with Crippen molar-refractivity contribution >= 4 is 15.6 Å². The Morgan fingerprint density at radius 1 is 1.47 bits per heavy atom. The van der Waals surface area contributed by atoms with Crippen LogP contribution in [0, 0.1) is 0 Å². The van der Waals surface area contributed by atoms with Crippen molar-refractivity contribution in [2.45, 2.75) is 19.4 Å². The fraction of sp³-hybridized carbons (Fsp3) is 0.417. The summed E-state index contributed by atoms with van der Waals surface area (Å²) in [5.74, 6) is 1.49. The molecule has 1 unspecified atom stereocenters. The van der Waals surface area contributed by atoms with Gasteiger partial charge in [0.05, 0.1) is 31.2 Å². The highest BCUT2D eigenvalue weighted by Crippen LogP contribution is 2.16. The standard InChI is InChI=1S/C12H16N2O4S/c1-9(18-19(3,15)16)6-12-13-8-10-7-11(17-2)4-5-14(10)12/h4-5,7-9H,6H2,1-3H3. The summed E-state index contributed by atoms with van der Waals surface area (Å²) < 4.78 is 34.0. The number of pyridine rings is 1. The van der Waals surface area contributed by atoms with Gasteiger partial charge in [0, 0.05) is 18.7 Å². The molecule has 0 fully saturated rings. The average molecular weight is 284 g/mol. The second kappa shape index (κ2) is 5.18. The van der Waals surface area contributed by atoms with Gasteiger partial charge in [0.2, 0.25) is 0 Å². The SMILES string of the molecule is COc1ccn2c(CC(C)OS(C)(=O)=O)ncc2c1. The molecule has 2 rings (SSSR count). The summed E-state index contributed by atoms with van der Waals surface area (Å²) in [6.45, 7) is 1.70. The zero-order valence-corrected chi connectivity index (χ0v) is 11.8. The number of aromatic nitrogens is 2. The van der Waals surface area contributed by atoms with E-state index in [0.717, 1.165) is 23.3 Å². The normalized spacial score (nSPS) is 13.6. The van der Waals surface area contributed by atoms with E-state index in [0.29, 0.717) is 6.42 Å². The molecule has 0 aliphatic carbocycles. The predicted octanol–water partition coefficient (Wildman–Crippen LogP) is 1.25. The summed E-state index contributed by atoms with van der Waals surface area (Å²) in [5, 5.41) is 0. The molecule has 104 valence electrons. The average Bonchev–Trinajstić information content (AvgIpc) is 2.69. The van der Waals surface area contributed by atoms with Crippen LogP contribution in [-0.4, -0.2) is 37.3 Å². The summed E-state index contributed by atoms with van der Waals surface area (Å²) in [5.41, 5.74) is 0.890. The Hall–Kier alpha value is -1.60. The fourth-order valence-corrected chi connectivity index (χ4v) is 2.57. The van der Waals surface area contributed by atoms with Gasteiger partial charge in [-0.15, -0.1) is 0 Å². The van der Waals surface area contributed by atoms with Gasteiger partial charge >= 0.3 is 0 Å². The van der Waals surface area contributed by atoms with Crippen LogP contribution in [0.2, 0.25) is 0 Å². The van der Waals surface area contributed by atoms with E-state index in [2.05, 4.69) is 4.98 Å². The van der Waals surface area contributed by atoms with Gasteiger partial charge in [-0.3, -0.25) is 4.18 Å². The second-order valence-corrected chi connectivity index (χ2v) is 5.95. The molecule has 19 heavy (non-hydrogen) atoms. The van der Waals surface area contributed by atoms with Gasteiger partial charge in [-0.05, 0) is 13.0 Å². The molecule has 7 heteroatoms. The molecule has 2 heterocycles. The Balaban J connectivity index is 2.22. The number of hydrogen-bond acceptors (Lipinski definition) is 5. The first-order valence-corrected chi connectivity index (χ1v) is 7.59. The zero-order valence-electron chi connectivity index (χ0n) is 11.0. The minimum absolute atomic E-state index is 0.410. The van der Waals surface area contributed by atoms with E-state index in [4.69, 9.17) is 8.92 Å². The summed E-state index contributed by atoms with van der Waals surface area (Å²) in [4.78, 5) is 4.27. The van der Waals surface area contributed by atoms with Gasteiger partial charge in [0.15, 0.2) is 0 Å². The van der Waals surface area contributed by atoms with Crippen LogP contribution in [-0.2, 0) is 20.7 Å². The van der Waals surface area contributed by atoms with E-state index < -0.39 is 16.2 Å². The third-order valence-electron chi connectivity index (χ3n) is 2.62. The van der Waals surface area contributed by atoms with Crippen molar-refractivity contribution in [2.75, 3.05) is 13.4 Å². The molecular weight excluding hydrogens is 268 g/mol. The van der Waals surface area contributed by atoms with Crippen molar-refractivity contribution in [1.82, 2.24) is 9.38 Å². The minimum Gasteiger partial charge on any atom is -0.497 e. The highest BCUT2D eigenvalue weighted by Gasteiger charge is 2.14. The first kappa shape index (κ1) is 13.8. The third kappa shape index (κ3) is 3.45. The molecule has 0 radical (unpaired) electrons. The van der Waals surface area contributed by atoms with Gasteiger partial charge in [0.1, 0.15) is 11.6 Å². The number of ether oxygens (including phenoxy) is 1. The van der Waals surface area contributed by atoms with E-state index in [1.54, 1.807) is 20.2 Å². The Morgan fingerprint density at radius 3 is 2.84 bits per heavy atom. The Kier molecular flexibility index (Phi) is 3.77. The molecule has 0 spiro atoms. The van der Waals surface area contributed by atoms with Gasteiger partial charge in [0.25, 0.3) is 10.1 Å². The van der Waals surface area contributed by atoms with Crippen LogP contribution in [0.25, 0.3) is 5.52 Å². The van der Waals surface area contributed by atoms with Crippen LogP contribution in [0.5, 0.6) is 5.75 Å². The van der Waals surface area contributed by atoms with Gasteiger partial charge in [-0.25, -0.2) is 4.98 Å². The van der Waals surface area contributed by atoms with Gasteiger partial charge < -0.3 is 9.14 Å². The number of rotatable bonds is 5. The predicted molar refractivity (Wildman–Crippen MR) is 70.8 cm³/mol. The lowest BCUT2D eigenvalue weighted by Gasteiger charge is -2.10. The van der Waals surface area contributed by atoms with E-state index in [9.17, 15) is 8.42 Å². The lowest BCUT2D eigenvalue weighted by atomic mass is 10.3. The van der Waals surface area contributed by atoms with Crippen LogP contribution in [0.15, 0.2) is 24.5 Å². The largest absolute Gasteiger partial charge is 0.497 e. The maximum absolute atomic E-state index is 11.1. The first-order valence-electron chi connectivity index (χ1n) is 5.77. The highest BCUT2D eigenvalue weighted by atomic mass is 32.2. The number of methoxy groups -OCH3 is 1. The monoisotopic (exact) mass is 284 g/mol. The minimum atomic E-state index is -3.45. The van der Waals surface area contributed by atoms with Crippen LogP contribution >= 0.6 is 0 Å². The van der Waals surface area contributed by atoms with Crippen molar-refractivity contribution in [2.24, 2.45) is 0 Å². The molecular formula is C12H16N2O4S. The number of imidazole rings is 1. The van der Waals surface area contributed by atoms with Crippen LogP contribution in [0.1, 0.15) is 12.7 Å². The van der Waals surface area contributed by atoms with E-state index in [-0.39, 0.29) is 0 Å². The molecule has 0 bridgehead atoms. The molecule has 0 aliphatic heterocycles. The number of fused-ring (bicyclic) bond motifs is 1. The third-order valence-corrected chi connectivity index (χ3v) is 3.30. The molecule has 1 atom stereocenters. The second-order valence-electron chi connectivity index (χ2n) is 4.35. The van der Waals surface area contributed by atoms with Gasteiger partial charge in [-0.2, -0.15) is 8.42 Å². The summed E-state index contributed by atoms with van der Waals surface area (Å²) >= 11 is 0. The van der Waals surface area contributed by atoms with Gasteiger partial charge in [-0.1, -0.05) is 0 Å². The Morgan fingerprint density at radius 2 is 2.21 bits per heavy atom. The molecule has 0 N–H and O–H groups in total. The van der Waals surface area contributed by atoms with Crippen LogP contribution in [0.4, 0.5) is 0 Å². The smallest absolute Gasteiger partial charge is 0.264 e. The fourth-order valence-electron chi connectivity index (χ4n) is 1.90. The number of hydrogen-bond donors (Lipinski definition) is 0. The van der Waals surface area contributed by atoms with Crippen LogP contribution < -0.4 is 4.74 Å². The molecule has 0 saturated carbocycles. The summed E-state index contributed by atoms with van der Waals surface area (Å²) in [7, 11) is -1.85. The van der Waals surface area contributed by atoms with Crippen molar-refractivity contribution in [3.8, 4) is 5.75 Å². The first-order chi connectivity index (χ1) is 8.89. The summed E-state index contributed by atoms with van der Waals surface area (Å²) in [6.07, 6.45) is 4.54. The maximum Gasteiger partial charge on any atom is 0.264 e. The van der Waals surface area contributed by atoms with Crippen molar-refractivity contribution in [3.63, 3.8) is 0 Å². The maximum atomic E-state index is 11.1. The van der Waals surface area contributed by atoms with Crippen LogP contribution in [0.3, 0.4) is 0 Å². The summed E-state index contributed by atoms with van der Waals surface area (Å²) in [6, 6.07) is 3.68. The molecule has 6 nitrogen and oxygen atoms in total. The molecule has 2 aromatic rings. The Labute approximate surface area is 112 Å². The quantitative estimate of drug-likeness (QED) is 0.773. The van der Waals surface area contributed by atoms with Crippen molar-refractivity contribution < 1.29 is 17.3 Å². The lowest BCUT2D eigenvalue weighted by molar-refractivity contribution is 0.229. The molecule has 0 saturated heterocycles. The van der Waals surface area contributed by atoms with E-state index >= 15 is 0 Å². The van der Waals surface area contributed by atoms with E-state index in [1.807, 2.05) is 22.7 Å². The van der Waals surface area contributed by atoms with Crippen molar-refractivity contribution in [3.05, 3.63) is 30.4 Å². The van der Waals surface area contributed by atoms with E-state index in [1.165, 1.54) is 0 Å². The topological polar surface area (TPSA) is 69.9 Å². The molecule has 0 aromatic carbocycles. The highest BCUT2D eigenvalue weighted by molar-refractivity contribution is 7.86. The Bertz CT molecular complexity index is 678. The molecule has 0 amide bonds. The molecule has 0 aliphatic rings. The number of nitrogens with zero attached hydrogens (tertiary/aromatic N) is 2. The zero-order chi connectivity index (χ0) is 14.0. The van der Waals surface area contributed by atoms with Crippen molar-refractivity contribution in [1.29, 1.82) is 0 Å². The lowest BCUT2D eigenvalue weighted by Crippen LogP contribution is -2.17.